The molecule has 0 aromatic heterocycles. The maximum absolute atomic E-state index is 6.20. The van der Waals surface area contributed by atoms with Crippen molar-refractivity contribution in [3.63, 3.8) is 0 Å². The molecule has 1 heterocycles. The second kappa shape index (κ2) is 6.92. The minimum atomic E-state index is -0.262. The largest absolute Gasteiger partial charge is 0.485 e. The fourth-order valence-corrected chi connectivity index (χ4v) is 3.02. The summed E-state index contributed by atoms with van der Waals surface area (Å²) in [6, 6.07) is 6.55. The third-order valence-electron chi connectivity index (χ3n) is 3.59. The van der Waals surface area contributed by atoms with Crippen molar-refractivity contribution in [2.45, 2.75) is 45.3 Å². The van der Waals surface area contributed by atoms with E-state index < -0.39 is 0 Å². The summed E-state index contributed by atoms with van der Waals surface area (Å²) in [6.07, 6.45) is 2.05. The number of hydrogen-bond acceptors (Lipinski definition) is 3. The van der Waals surface area contributed by atoms with E-state index in [0.29, 0.717) is 12.6 Å². The third kappa shape index (κ3) is 3.74. The lowest BCUT2D eigenvalue weighted by Gasteiger charge is -2.40. The number of fused-ring (bicyclic) bond motifs is 1. The molecular formula is C16H24BrNO2. The molecule has 20 heavy (non-hydrogen) atoms. The molecule has 0 saturated carbocycles. The van der Waals surface area contributed by atoms with Gasteiger partial charge in [-0.3, -0.25) is 0 Å². The first-order chi connectivity index (χ1) is 9.58. The smallest absolute Gasteiger partial charge is 0.131 e. The quantitative estimate of drug-likeness (QED) is 0.845. The molecule has 1 aromatic rings. The predicted molar refractivity (Wildman–Crippen MR) is 85.3 cm³/mol. The van der Waals surface area contributed by atoms with Crippen LogP contribution in [0.5, 0.6) is 5.75 Å². The van der Waals surface area contributed by atoms with Gasteiger partial charge in [0.25, 0.3) is 0 Å². The van der Waals surface area contributed by atoms with Crippen LogP contribution in [0.15, 0.2) is 22.7 Å². The molecule has 2 unspecified atom stereocenters. The average Bonchev–Trinajstić information content (AvgIpc) is 2.43. The molecule has 3 nitrogen and oxygen atoms in total. The van der Waals surface area contributed by atoms with Gasteiger partial charge in [-0.2, -0.15) is 0 Å². The number of rotatable bonds is 6. The van der Waals surface area contributed by atoms with Crippen molar-refractivity contribution in [3.8, 4) is 5.75 Å². The minimum Gasteiger partial charge on any atom is -0.485 e. The summed E-state index contributed by atoms with van der Waals surface area (Å²) in [4.78, 5) is 0. The van der Waals surface area contributed by atoms with E-state index >= 15 is 0 Å². The molecule has 1 N–H and O–H groups in total. The van der Waals surface area contributed by atoms with Crippen LogP contribution < -0.4 is 10.1 Å². The normalized spacial score (nSPS) is 25.1. The van der Waals surface area contributed by atoms with Crippen LogP contribution in [0.1, 0.15) is 45.2 Å². The summed E-state index contributed by atoms with van der Waals surface area (Å²) in [5, 5.41) is 3.63. The molecular weight excluding hydrogens is 318 g/mol. The van der Waals surface area contributed by atoms with Gasteiger partial charge in [0.2, 0.25) is 0 Å². The van der Waals surface area contributed by atoms with Gasteiger partial charge < -0.3 is 14.8 Å². The Balaban J connectivity index is 2.24. The fourth-order valence-electron chi connectivity index (χ4n) is 2.64. The highest BCUT2D eigenvalue weighted by Gasteiger charge is 2.37. The highest BCUT2D eigenvalue weighted by Crippen LogP contribution is 2.41. The van der Waals surface area contributed by atoms with Crippen LogP contribution >= 0.6 is 15.9 Å². The van der Waals surface area contributed by atoms with Gasteiger partial charge in [0.05, 0.1) is 6.61 Å². The van der Waals surface area contributed by atoms with Gasteiger partial charge in [-0.25, -0.2) is 0 Å². The zero-order valence-corrected chi connectivity index (χ0v) is 14.1. The topological polar surface area (TPSA) is 30.5 Å². The highest BCUT2D eigenvalue weighted by molar-refractivity contribution is 9.10. The molecule has 0 spiro atoms. The molecule has 0 aliphatic carbocycles. The van der Waals surface area contributed by atoms with Crippen molar-refractivity contribution in [1.82, 2.24) is 5.32 Å². The van der Waals surface area contributed by atoms with Gasteiger partial charge in [0.1, 0.15) is 11.4 Å². The van der Waals surface area contributed by atoms with E-state index in [1.807, 2.05) is 19.1 Å². The first-order valence-electron chi connectivity index (χ1n) is 7.37. The van der Waals surface area contributed by atoms with E-state index in [1.54, 1.807) is 0 Å². The summed E-state index contributed by atoms with van der Waals surface area (Å²) < 4.78 is 12.9. The van der Waals surface area contributed by atoms with Crippen LogP contribution in [0.3, 0.4) is 0 Å². The van der Waals surface area contributed by atoms with Gasteiger partial charge in [-0.05, 0) is 45.0 Å². The average molecular weight is 342 g/mol. The Morgan fingerprint density at radius 1 is 1.45 bits per heavy atom. The third-order valence-corrected chi connectivity index (χ3v) is 4.09. The van der Waals surface area contributed by atoms with Gasteiger partial charge in [0, 0.05) is 29.1 Å². The summed E-state index contributed by atoms with van der Waals surface area (Å²) in [5.74, 6) is 0.968. The summed E-state index contributed by atoms with van der Waals surface area (Å²) in [5.41, 5.74) is 0.976. The van der Waals surface area contributed by atoms with Gasteiger partial charge in [0.15, 0.2) is 0 Å². The van der Waals surface area contributed by atoms with Crippen molar-refractivity contribution in [3.05, 3.63) is 28.2 Å². The summed E-state index contributed by atoms with van der Waals surface area (Å²) >= 11 is 3.55. The highest BCUT2D eigenvalue weighted by atomic mass is 79.9. The molecule has 2 rings (SSSR count). The number of hydrogen-bond donors (Lipinski definition) is 1. The maximum Gasteiger partial charge on any atom is 0.131 e. The lowest BCUT2D eigenvalue weighted by Crippen LogP contribution is -2.45. The Morgan fingerprint density at radius 3 is 2.95 bits per heavy atom. The molecule has 0 radical (unpaired) electrons. The van der Waals surface area contributed by atoms with Crippen LogP contribution in [0.2, 0.25) is 0 Å². The Morgan fingerprint density at radius 2 is 2.25 bits per heavy atom. The zero-order chi connectivity index (χ0) is 14.6. The van der Waals surface area contributed by atoms with Crippen LogP contribution in [0.4, 0.5) is 0 Å². The number of benzene rings is 1. The summed E-state index contributed by atoms with van der Waals surface area (Å²) in [6.45, 7) is 8.70. The Labute approximate surface area is 130 Å². The van der Waals surface area contributed by atoms with Crippen LogP contribution in [0, 0.1) is 0 Å². The predicted octanol–water partition coefficient (Wildman–Crippen LogP) is 4.07. The standard InChI is InChI=1S/C16H24BrNO2/c1-4-8-18-14-10-16(3,11-19-5-2)20-15-7-6-12(17)9-13(14)15/h6-7,9,14,18H,4-5,8,10-11H2,1-3H3. The molecule has 1 aliphatic heterocycles. The van der Waals surface area contributed by atoms with E-state index in [-0.39, 0.29) is 5.60 Å². The van der Waals surface area contributed by atoms with Crippen molar-refractivity contribution in [1.29, 1.82) is 0 Å². The SMILES string of the molecule is CCCNC1CC(C)(COCC)Oc2ccc(Br)cc21. The van der Waals surface area contributed by atoms with Gasteiger partial charge in [-0.15, -0.1) is 0 Å². The Kier molecular flexibility index (Phi) is 5.47. The monoisotopic (exact) mass is 341 g/mol. The molecule has 0 amide bonds. The van der Waals surface area contributed by atoms with Crippen molar-refractivity contribution in [2.24, 2.45) is 0 Å². The van der Waals surface area contributed by atoms with E-state index in [2.05, 4.69) is 41.2 Å². The molecule has 1 aliphatic rings. The van der Waals surface area contributed by atoms with Crippen LogP contribution in [-0.2, 0) is 4.74 Å². The first kappa shape index (κ1) is 15.8. The van der Waals surface area contributed by atoms with Crippen LogP contribution in [-0.4, -0.2) is 25.4 Å². The lowest BCUT2D eigenvalue weighted by atomic mass is 9.89. The first-order valence-corrected chi connectivity index (χ1v) is 8.17. The number of halogens is 1. The Bertz CT molecular complexity index is 452. The van der Waals surface area contributed by atoms with E-state index in [0.717, 1.165) is 36.2 Å². The molecule has 1 aromatic carbocycles. The molecule has 2 atom stereocenters. The zero-order valence-electron chi connectivity index (χ0n) is 12.5. The minimum absolute atomic E-state index is 0.262. The van der Waals surface area contributed by atoms with E-state index in [1.165, 1.54) is 5.56 Å². The maximum atomic E-state index is 6.20. The van der Waals surface area contributed by atoms with Crippen molar-refractivity contribution >= 4 is 15.9 Å². The Hall–Kier alpha value is -0.580. The number of ether oxygens (including phenoxy) is 2. The van der Waals surface area contributed by atoms with Gasteiger partial charge in [-0.1, -0.05) is 22.9 Å². The fraction of sp³-hybridized carbons (Fsp3) is 0.625. The lowest BCUT2D eigenvalue weighted by molar-refractivity contribution is -0.0332. The van der Waals surface area contributed by atoms with Crippen molar-refractivity contribution < 1.29 is 9.47 Å². The van der Waals surface area contributed by atoms with E-state index in [9.17, 15) is 0 Å². The van der Waals surface area contributed by atoms with E-state index in [4.69, 9.17) is 9.47 Å². The van der Waals surface area contributed by atoms with Crippen LogP contribution in [0.25, 0.3) is 0 Å². The molecule has 0 saturated heterocycles. The number of nitrogens with one attached hydrogen (secondary N) is 1. The molecule has 0 fully saturated rings. The second-order valence-electron chi connectivity index (χ2n) is 5.58. The van der Waals surface area contributed by atoms with Gasteiger partial charge >= 0.3 is 0 Å². The second-order valence-corrected chi connectivity index (χ2v) is 6.50. The summed E-state index contributed by atoms with van der Waals surface area (Å²) in [7, 11) is 0. The molecule has 112 valence electrons. The molecule has 0 bridgehead atoms. The van der Waals surface area contributed by atoms with Crippen molar-refractivity contribution in [2.75, 3.05) is 19.8 Å². The molecule has 4 heteroatoms.